The number of oxazole rings is 1. The fraction of sp³-hybridized carbons (Fsp3) is 0.118. The van der Waals surface area contributed by atoms with E-state index in [1.165, 1.54) is 24.3 Å². The third-order valence-corrected chi connectivity index (χ3v) is 5.30. The van der Waals surface area contributed by atoms with E-state index < -0.39 is 15.9 Å². The Hall–Kier alpha value is -3.00. The van der Waals surface area contributed by atoms with Gasteiger partial charge in [-0.05, 0) is 48.6 Å². The van der Waals surface area contributed by atoms with Crippen LogP contribution >= 0.6 is 12.2 Å². The summed E-state index contributed by atoms with van der Waals surface area (Å²) in [5.41, 5.74) is 2.04. The van der Waals surface area contributed by atoms with Crippen molar-refractivity contribution in [3.05, 3.63) is 52.9 Å². The Morgan fingerprint density at radius 2 is 1.96 bits per heavy atom. The minimum Gasteiger partial charge on any atom is -0.429 e. The molecule has 3 rings (SSSR count). The summed E-state index contributed by atoms with van der Waals surface area (Å²) >= 11 is 4.92. The maximum absolute atomic E-state index is 12.4. The molecule has 0 aliphatic heterocycles. The number of rotatable bonds is 6. The first-order valence-electron chi connectivity index (χ1n) is 7.80. The Kier molecular flexibility index (Phi) is 5.36. The zero-order valence-corrected chi connectivity index (χ0v) is 15.5. The standard InChI is InChI=1S/C17H14N4O4S2/c18-8-1-9-19-27(23,24)13-5-2-11(3-6-13)16(22)20-12-4-7-14-15(10-12)25-17(26)21-14/h2-7,10,19H,1,9H2,(H,20,22)(H,21,26). The molecule has 0 spiro atoms. The van der Waals surface area contributed by atoms with Crippen molar-refractivity contribution in [2.24, 2.45) is 0 Å². The highest BCUT2D eigenvalue weighted by Crippen LogP contribution is 2.19. The number of H-pyrrole nitrogens is 1. The van der Waals surface area contributed by atoms with Gasteiger partial charge < -0.3 is 14.7 Å². The fourth-order valence-corrected chi connectivity index (χ4v) is 3.57. The van der Waals surface area contributed by atoms with E-state index in [-0.39, 0.29) is 22.7 Å². The number of sulfonamides is 1. The molecule has 0 saturated heterocycles. The summed E-state index contributed by atoms with van der Waals surface area (Å²) in [5.74, 6) is -0.398. The van der Waals surface area contributed by atoms with Gasteiger partial charge in [-0.2, -0.15) is 5.26 Å². The minimum atomic E-state index is -3.71. The smallest absolute Gasteiger partial charge is 0.266 e. The number of benzene rings is 2. The topological polar surface area (TPSA) is 128 Å². The monoisotopic (exact) mass is 402 g/mol. The van der Waals surface area contributed by atoms with E-state index >= 15 is 0 Å². The zero-order valence-electron chi connectivity index (χ0n) is 13.9. The van der Waals surface area contributed by atoms with Gasteiger partial charge in [0.25, 0.3) is 10.7 Å². The maximum Gasteiger partial charge on any atom is 0.266 e. The summed E-state index contributed by atoms with van der Waals surface area (Å²) in [6.45, 7) is 0.0275. The molecule has 3 aromatic rings. The first-order valence-corrected chi connectivity index (χ1v) is 9.69. The second kappa shape index (κ2) is 7.71. The highest BCUT2D eigenvalue weighted by molar-refractivity contribution is 7.89. The Morgan fingerprint density at radius 3 is 2.67 bits per heavy atom. The average Bonchev–Trinajstić information content (AvgIpc) is 3.01. The van der Waals surface area contributed by atoms with Crippen LogP contribution in [0.4, 0.5) is 5.69 Å². The largest absolute Gasteiger partial charge is 0.429 e. The lowest BCUT2D eigenvalue weighted by molar-refractivity contribution is 0.102. The molecule has 8 nitrogen and oxygen atoms in total. The number of carbonyl (C=O) groups is 1. The number of nitrogens with zero attached hydrogens (tertiary/aromatic N) is 1. The van der Waals surface area contributed by atoms with Gasteiger partial charge in [-0.25, -0.2) is 13.1 Å². The number of aromatic nitrogens is 1. The first-order chi connectivity index (χ1) is 12.9. The molecule has 0 radical (unpaired) electrons. The fourth-order valence-electron chi connectivity index (χ4n) is 2.34. The third kappa shape index (κ3) is 4.40. The van der Waals surface area contributed by atoms with Crippen LogP contribution in [-0.4, -0.2) is 25.9 Å². The summed E-state index contributed by atoms with van der Waals surface area (Å²) in [6.07, 6.45) is 0.0739. The number of nitriles is 1. The van der Waals surface area contributed by atoms with Gasteiger partial charge in [0, 0.05) is 30.3 Å². The number of hydrogen-bond acceptors (Lipinski definition) is 6. The van der Waals surface area contributed by atoms with Crippen LogP contribution in [0.25, 0.3) is 11.1 Å². The number of anilines is 1. The lowest BCUT2D eigenvalue weighted by atomic mass is 10.2. The molecule has 1 amide bonds. The molecule has 1 heterocycles. The van der Waals surface area contributed by atoms with Crippen LogP contribution in [0.2, 0.25) is 0 Å². The van der Waals surface area contributed by atoms with E-state index in [0.717, 1.165) is 5.52 Å². The lowest BCUT2D eigenvalue weighted by Gasteiger charge is -2.07. The van der Waals surface area contributed by atoms with Crippen molar-refractivity contribution in [2.45, 2.75) is 11.3 Å². The highest BCUT2D eigenvalue weighted by Gasteiger charge is 2.14. The molecule has 3 N–H and O–H groups in total. The molecule has 0 saturated carbocycles. The Morgan fingerprint density at radius 1 is 1.22 bits per heavy atom. The Bertz CT molecular complexity index is 1190. The molecule has 0 aliphatic carbocycles. The Labute approximate surface area is 159 Å². The van der Waals surface area contributed by atoms with Gasteiger partial charge in [0.2, 0.25) is 10.0 Å². The second-order valence-corrected chi connectivity index (χ2v) is 7.65. The van der Waals surface area contributed by atoms with Crippen molar-refractivity contribution in [3.8, 4) is 6.07 Å². The summed E-state index contributed by atoms with van der Waals surface area (Å²) in [6, 6.07) is 12.4. The van der Waals surface area contributed by atoms with Crippen molar-refractivity contribution in [1.82, 2.24) is 9.71 Å². The van der Waals surface area contributed by atoms with E-state index in [4.69, 9.17) is 21.9 Å². The molecular formula is C17H14N4O4S2. The van der Waals surface area contributed by atoms with Crippen molar-refractivity contribution in [2.75, 3.05) is 11.9 Å². The first kappa shape index (κ1) is 18.8. The quantitative estimate of drug-likeness (QED) is 0.430. The molecule has 27 heavy (non-hydrogen) atoms. The van der Waals surface area contributed by atoms with Crippen LogP contribution in [0, 0.1) is 16.2 Å². The van der Waals surface area contributed by atoms with E-state index in [9.17, 15) is 13.2 Å². The normalized spacial score (nSPS) is 11.2. The predicted octanol–water partition coefficient (Wildman–Crippen LogP) is 2.93. The van der Waals surface area contributed by atoms with Crippen molar-refractivity contribution >= 4 is 44.9 Å². The molecular weight excluding hydrogens is 388 g/mol. The van der Waals surface area contributed by atoms with Crippen LogP contribution in [0.5, 0.6) is 0 Å². The van der Waals surface area contributed by atoms with Gasteiger partial charge in [-0.3, -0.25) is 4.79 Å². The number of carbonyl (C=O) groups excluding carboxylic acids is 1. The van der Waals surface area contributed by atoms with Crippen LogP contribution in [-0.2, 0) is 10.0 Å². The molecule has 2 aromatic carbocycles. The predicted molar refractivity (Wildman–Crippen MR) is 101 cm³/mol. The number of fused-ring (bicyclic) bond motifs is 1. The molecule has 138 valence electrons. The van der Waals surface area contributed by atoms with Gasteiger partial charge in [0.1, 0.15) is 0 Å². The van der Waals surface area contributed by atoms with Gasteiger partial charge in [-0.1, -0.05) is 0 Å². The van der Waals surface area contributed by atoms with Gasteiger partial charge >= 0.3 is 0 Å². The molecule has 0 unspecified atom stereocenters. The molecule has 1 aromatic heterocycles. The van der Waals surface area contributed by atoms with E-state index in [1.807, 2.05) is 6.07 Å². The number of aromatic amines is 1. The summed E-state index contributed by atoms with van der Waals surface area (Å²) in [5, 5.41) is 11.2. The van der Waals surface area contributed by atoms with Crippen molar-refractivity contribution in [1.29, 1.82) is 5.26 Å². The van der Waals surface area contributed by atoms with E-state index in [0.29, 0.717) is 16.8 Å². The highest BCUT2D eigenvalue weighted by atomic mass is 32.2. The average molecular weight is 402 g/mol. The van der Waals surface area contributed by atoms with Crippen LogP contribution < -0.4 is 10.0 Å². The molecule has 0 bridgehead atoms. The summed E-state index contributed by atoms with van der Waals surface area (Å²) in [7, 11) is -3.71. The van der Waals surface area contributed by atoms with Gasteiger partial charge in [0.15, 0.2) is 5.58 Å². The second-order valence-electron chi connectivity index (χ2n) is 5.51. The molecule has 0 aliphatic rings. The number of amides is 1. The van der Waals surface area contributed by atoms with E-state index in [1.54, 1.807) is 18.2 Å². The number of nitrogens with one attached hydrogen (secondary N) is 3. The molecule has 0 fully saturated rings. The van der Waals surface area contributed by atoms with Crippen molar-refractivity contribution in [3.63, 3.8) is 0 Å². The van der Waals surface area contributed by atoms with Crippen LogP contribution in [0.1, 0.15) is 16.8 Å². The molecule has 0 atom stereocenters. The van der Waals surface area contributed by atoms with Crippen LogP contribution in [0.15, 0.2) is 51.8 Å². The van der Waals surface area contributed by atoms with E-state index in [2.05, 4.69) is 15.0 Å². The minimum absolute atomic E-state index is 0.0162. The van der Waals surface area contributed by atoms with Crippen LogP contribution in [0.3, 0.4) is 0 Å². The zero-order chi connectivity index (χ0) is 19.4. The Balaban J connectivity index is 1.73. The lowest BCUT2D eigenvalue weighted by Crippen LogP contribution is -2.24. The number of hydrogen-bond donors (Lipinski definition) is 3. The van der Waals surface area contributed by atoms with Crippen molar-refractivity contribution < 1.29 is 17.6 Å². The SMILES string of the molecule is N#CCCNS(=O)(=O)c1ccc(C(=O)Nc2ccc3[nH]c(=S)oc3c2)cc1. The summed E-state index contributed by atoms with van der Waals surface area (Å²) < 4.78 is 31.7. The van der Waals surface area contributed by atoms with Gasteiger partial charge in [-0.15, -0.1) is 0 Å². The summed E-state index contributed by atoms with van der Waals surface area (Å²) in [4.78, 5) is 15.5. The molecule has 10 heteroatoms. The third-order valence-electron chi connectivity index (χ3n) is 3.63. The van der Waals surface area contributed by atoms with Gasteiger partial charge in [0.05, 0.1) is 16.5 Å². The maximum atomic E-state index is 12.4.